The third kappa shape index (κ3) is 3.72. The Morgan fingerprint density at radius 2 is 2.04 bits per heavy atom. The van der Waals surface area contributed by atoms with E-state index in [1.807, 2.05) is 13.1 Å². The lowest BCUT2D eigenvalue weighted by molar-refractivity contribution is -0.384. The van der Waals surface area contributed by atoms with Crippen molar-refractivity contribution in [2.24, 2.45) is 4.99 Å². The Hall–Kier alpha value is -2.69. The minimum absolute atomic E-state index is 0.0938. The zero-order chi connectivity index (χ0) is 19.8. The monoisotopic (exact) mass is 365 g/mol. The van der Waals surface area contributed by atoms with Gasteiger partial charge in [-0.1, -0.05) is 13.0 Å². The van der Waals surface area contributed by atoms with Crippen molar-refractivity contribution in [1.29, 1.82) is 0 Å². The molecule has 0 radical (unpaired) electrons. The van der Waals surface area contributed by atoms with Gasteiger partial charge < -0.3 is 4.90 Å². The van der Waals surface area contributed by atoms with Gasteiger partial charge in [-0.15, -0.1) is 0 Å². The van der Waals surface area contributed by atoms with E-state index < -0.39 is 0 Å². The second-order valence-electron chi connectivity index (χ2n) is 7.97. The first-order chi connectivity index (χ1) is 12.7. The molecule has 0 saturated heterocycles. The van der Waals surface area contributed by atoms with Crippen LogP contribution in [0.4, 0.5) is 17.1 Å². The van der Waals surface area contributed by atoms with Gasteiger partial charge in [-0.2, -0.15) is 0 Å². The van der Waals surface area contributed by atoms with Gasteiger partial charge in [0.15, 0.2) is 0 Å². The quantitative estimate of drug-likeness (QED) is 0.393. The average molecular weight is 365 g/mol. The van der Waals surface area contributed by atoms with Crippen LogP contribution in [0.2, 0.25) is 0 Å². The molecule has 1 heterocycles. The fourth-order valence-electron chi connectivity index (χ4n) is 4.23. The second-order valence-corrected chi connectivity index (χ2v) is 7.97. The number of aryl methyl sites for hydroxylation is 1. The summed E-state index contributed by atoms with van der Waals surface area (Å²) in [6.45, 7) is 11.9. The molecule has 27 heavy (non-hydrogen) atoms. The summed E-state index contributed by atoms with van der Waals surface area (Å²) in [5.41, 5.74) is 5.52. The molecule has 0 spiro atoms. The Bertz CT molecular complexity index is 902. The van der Waals surface area contributed by atoms with Gasteiger partial charge in [-0.3, -0.25) is 15.1 Å². The Balaban J connectivity index is 1.91. The number of anilines is 1. The van der Waals surface area contributed by atoms with Crippen LogP contribution in [-0.2, 0) is 0 Å². The lowest BCUT2D eigenvalue weighted by Gasteiger charge is -2.47. The lowest BCUT2D eigenvalue weighted by Crippen LogP contribution is -2.48. The highest BCUT2D eigenvalue weighted by Crippen LogP contribution is 2.43. The number of hydrogen-bond donors (Lipinski definition) is 0. The highest BCUT2D eigenvalue weighted by Gasteiger charge is 2.35. The molecule has 0 aromatic heterocycles. The molecular formula is C22H27N3O2. The van der Waals surface area contributed by atoms with Crippen molar-refractivity contribution >= 4 is 23.3 Å². The molecule has 0 fully saturated rings. The third-order valence-electron chi connectivity index (χ3n) is 5.47. The largest absolute Gasteiger partial charge is 0.366 e. The lowest BCUT2D eigenvalue weighted by atomic mass is 9.79. The molecular weight excluding hydrogens is 338 g/mol. The predicted molar refractivity (Wildman–Crippen MR) is 112 cm³/mol. The van der Waals surface area contributed by atoms with E-state index in [1.54, 1.807) is 12.1 Å². The van der Waals surface area contributed by atoms with E-state index >= 15 is 0 Å². The van der Waals surface area contributed by atoms with Crippen molar-refractivity contribution in [2.45, 2.75) is 52.5 Å². The van der Waals surface area contributed by atoms with Gasteiger partial charge in [-0.25, -0.2) is 0 Å². The first-order valence-corrected chi connectivity index (χ1v) is 9.43. The molecule has 2 aromatic rings. The molecule has 0 N–H and O–H groups in total. The molecule has 5 nitrogen and oxygen atoms in total. The number of nitro benzene ring substituents is 1. The maximum Gasteiger partial charge on any atom is 0.269 e. The van der Waals surface area contributed by atoms with Crippen LogP contribution < -0.4 is 4.90 Å². The first-order valence-electron chi connectivity index (χ1n) is 9.43. The van der Waals surface area contributed by atoms with Gasteiger partial charge in [0, 0.05) is 36.1 Å². The first kappa shape index (κ1) is 19.1. The van der Waals surface area contributed by atoms with E-state index in [4.69, 9.17) is 0 Å². The summed E-state index contributed by atoms with van der Waals surface area (Å²) in [6.07, 6.45) is 2.97. The molecule has 0 amide bonds. The Morgan fingerprint density at radius 3 is 2.67 bits per heavy atom. The van der Waals surface area contributed by atoms with Crippen molar-refractivity contribution in [3.63, 3.8) is 0 Å². The number of nitro groups is 1. The Morgan fingerprint density at radius 1 is 1.30 bits per heavy atom. The highest BCUT2D eigenvalue weighted by atomic mass is 16.6. The summed E-state index contributed by atoms with van der Waals surface area (Å²) in [5, 5.41) is 10.9. The molecule has 142 valence electrons. The van der Waals surface area contributed by atoms with E-state index in [0.717, 1.165) is 29.8 Å². The summed E-state index contributed by atoms with van der Waals surface area (Å²) < 4.78 is 0. The van der Waals surface area contributed by atoms with Gasteiger partial charge >= 0.3 is 0 Å². The molecule has 1 atom stereocenters. The number of fused-ring (bicyclic) bond motifs is 1. The van der Waals surface area contributed by atoms with Gasteiger partial charge in [-0.05, 0) is 74.9 Å². The summed E-state index contributed by atoms with van der Waals surface area (Å²) in [6, 6.07) is 11.3. The van der Waals surface area contributed by atoms with Crippen molar-refractivity contribution in [1.82, 2.24) is 0 Å². The number of non-ortho nitro benzene ring substituents is 1. The number of nitrogens with zero attached hydrogens (tertiary/aromatic N) is 3. The van der Waals surface area contributed by atoms with Crippen LogP contribution in [0.1, 0.15) is 56.7 Å². The molecule has 1 aliphatic heterocycles. The van der Waals surface area contributed by atoms with E-state index in [2.05, 4.69) is 55.8 Å². The maximum atomic E-state index is 10.9. The van der Waals surface area contributed by atoms with Gasteiger partial charge in [0.05, 0.1) is 10.6 Å². The van der Waals surface area contributed by atoms with E-state index in [1.165, 1.54) is 17.3 Å². The van der Waals surface area contributed by atoms with E-state index in [-0.39, 0.29) is 16.1 Å². The zero-order valence-electron chi connectivity index (χ0n) is 16.7. The van der Waals surface area contributed by atoms with Crippen LogP contribution in [0.5, 0.6) is 0 Å². The highest BCUT2D eigenvalue weighted by molar-refractivity contribution is 5.84. The van der Waals surface area contributed by atoms with Crippen LogP contribution in [0.3, 0.4) is 0 Å². The molecule has 2 aromatic carbocycles. The van der Waals surface area contributed by atoms with E-state index in [0.29, 0.717) is 5.92 Å². The van der Waals surface area contributed by atoms with Crippen molar-refractivity contribution in [2.75, 3.05) is 11.4 Å². The fourth-order valence-corrected chi connectivity index (χ4v) is 4.23. The molecule has 3 rings (SSSR count). The zero-order valence-corrected chi connectivity index (χ0v) is 16.7. The number of aliphatic imine (C=N–C) groups is 1. The Kier molecular flexibility index (Phi) is 5.05. The SMILES string of the molecule is CCN1c2ccc(C=Nc3ccc([N+](=O)[O-])cc3C)cc2C(C)CC1(C)C. The van der Waals surface area contributed by atoms with Crippen molar-refractivity contribution in [3.8, 4) is 0 Å². The summed E-state index contributed by atoms with van der Waals surface area (Å²) in [4.78, 5) is 17.5. The molecule has 0 saturated carbocycles. The number of hydrogen-bond acceptors (Lipinski definition) is 4. The topological polar surface area (TPSA) is 58.7 Å². The molecule has 0 bridgehead atoms. The van der Waals surface area contributed by atoms with Gasteiger partial charge in [0.2, 0.25) is 0 Å². The number of benzene rings is 2. The molecule has 1 unspecified atom stereocenters. The van der Waals surface area contributed by atoms with Crippen LogP contribution in [0, 0.1) is 17.0 Å². The molecule has 1 aliphatic rings. The minimum atomic E-state index is -0.383. The van der Waals surface area contributed by atoms with Crippen molar-refractivity contribution < 1.29 is 4.92 Å². The number of rotatable bonds is 4. The van der Waals surface area contributed by atoms with Crippen molar-refractivity contribution in [3.05, 3.63) is 63.2 Å². The van der Waals surface area contributed by atoms with Gasteiger partial charge in [0.25, 0.3) is 5.69 Å². The smallest absolute Gasteiger partial charge is 0.269 e. The maximum absolute atomic E-state index is 10.9. The second kappa shape index (κ2) is 7.14. The van der Waals surface area contributed by atoms with Crippen LogP contribution in [0.15, 0.2) is 41.4 Å². The summed E-state index contributed by atoms with van der Waals surface area (Å²) in [5.74, 6) is 0.493. The van der Waals surface area contributed by atoms with Gasteiger partial charge in [0.1, 0.15) is 0 Å². The summed E-state index contributed by atoms with van der Waals surface area (Å²) >= 11 is 0. The standard InChI is InChI=1S/C22H27N3O2/c1-6-24-21-10-7-17(12-19(21)16(3)13-22(24,4)5)14-23-20-9-8-18(25(26)27)11-15(20)2/h7-12,14,16H,6,13H2,1-5H3. The van der Waals surface area contributed by atoms with Crippen LogP contribution >= 0.6 is 0 Å². The molecule has 0 aliphatic carbocycles. The normalized spacial score (nSPS) is 18.6. The Labute approximate surface area is 160 Å². The van der Waals surface area contributed by atoms with E-state index in [9.17, 15) is 10.1 Å². The fraction of sp³-hybridized carbons (Fsp3) is 0.409. The average Bonchev–Trinajstić information content (AvgIpc) is 2.60. The third-order valence-corrected chi connectivity index (χ3v) is 5.47. The summed E-state index contributed by atoms with van der Waals surface area (Å²) in [7, 11) is 0. The van der Waals surface area contributed by atoms with Crippen LogP contribution in [-0.4, -0.2) is 23.2 Å². The predicted octanol–water partition coefficient (Wildman–Crippen LogP) is 5.77. The van der Waals surface area contributed by atoms with Crippen LogP contribution in [0.25, 0.3) is 0 Å². The molecule has 5 heteroatoms. The minimum Gasteiger partial charge on any atom is -0.366 e.